The van der Waals surface area contributed by atoms with Gasteiger partial charge in [-0.1, -0.05) is 66.3 Å². The van der Waals surface area contributed by atoms with Crippen molar-refractivity contribution in [3.05, 3.63) is 94.0 Å². The first-order valence-electron chi connectivity index (χ1n) is 10.6. The number of aromatic nitrogens is 1. The molecular formula is C26H19ClN2O4S. The van der Waals surface area contributed by atoms with Crippen LogP contribution in [0.25, 0.3) is 16.0 Å². The number of anilines is 1. The van der Waals surface area contributed by atoms with Gasteiger partial charge in [-0.3, -0.25) is 14.5 Å². The van der Waals surface area contributed by atoms with E-state index < -0.39 is 17.7 Å². The van der Waals surface area contributed by atoms with Crippen LogP contribution in [0.1, 0.15) is 29.7 Å². The zero-order chi connectivity index (χ0) is 24.0. The van der Waals surface area contributed by atoms with Gasteiger partial charge in [-0.25, -0.2) is 4.98 Å². The smallest absolute Gasteiger partial charge is 0.301 e. The lowest BCUT2D eigenvalue weighted by molar-refractivity contribution is -0.132. The third kappa shape index (κ3) is 3.73. The summed E-state index contributed by atoms with van der Waals surface area (Å²) in [6.45, 7) is 2.02. The van der Waals surface area contributed by atoms with Gasteiger partial charge in [0.15, 0.2) is 5.13 Å². The lowest BCUT2D eigenvalue weighted by atomic mass is 9.95. The zero-order valence-corrected chi connectivity index (χ0v) is 19.6. The number of aryl methyl sites for hydroxylation is 1. The third-order valence-corrected chi connectivity index (χ3v) is 7.09. The second-order valence-corrected chi connectivity index (χ2v) is 9.37. The molecule has 0 spiro atoms. The maximum Gasteiger partial charge on any atom is 0.301 e. The fourth-order valence-corrected chi connectivity index (χ4v) is 5.31. The lowest BCUT2D eigenvalue weighted by Gasteiger charge is -2.23. The molecule has 1 saturated heterocycles. The van der Waals surface area contributed by atoms with Crippen LogP contribution in [-0.2, 0) is 16.0 Å². The molecule has 5 rings (SSSR count). The highest BCUT2D eigenvalue weighted by molar-refractivity contribution is 7.22. The molecule has 1 aliphatic heterocycles. The van der Waals surface area contributed by atoms with Crippen LogP contribution < -0.4 is 4.90 Å². The minimum absolute atomic E-state index is 0.0303. The Balaban J connectivity index is 1.71. The van der Waals surface area contributed by atoms with Crippen LogP contribution in [0, 0.1) is 0 Å². The molecule has 1 aromatic heterocycles. The molecule has 2 heterocycles. The normalized spacial score (nSPS) is 17.6. The SMILES string of the molecule is CCc1ccc(/C(O)=C2\C(=O)C(=O)N(c3nc4ccc(Cl)cc4s3)C2c2ccc(O)cc2)cc1. The van der Waals surface area contributed by atoms with Crippen LogP contribution in [0.2, 0.25) is 5.02 Å². The fourth-order valence-electron chi connectivity index (χ4n) is 4.04. The molecule has 2 N–H and O–H groups in total. The Bertz CT molecular complexity index is 1460. The number of aliphatic hydroxyl groups is 1. The molecule has 34 heavy (non-hydrogen) atoms. The average Bonchev–Trinajstić information content (AvgIpc) is 3.37. The number of hydrogen-bond acceptors (Lipinski definition) is 6. The average molecular weight is 491 g/mol. The number of benzene rings is 3. The molecule has 0 aliphatic carbocycles. The number of halogens is 1. The van der Waals surface area contributed by atoms with Crippen LogP contribution in [0.5, 0.6) is 5.75 Å². The van der Waals surface area contributed by atoms with E-state index in [0.717, 1.165) is 16.7 Å². The van der Waals surface area contributed by atoms with E-state index in [1.54, 1.807) is 42.5 Å². The van der Waals surface area contributed by atoms with Crippen LogP contribution in [0.4, 0.5) is 5.13 Å². The molecule has 170 valence electrons. The lowest BCUT2D eigenvalue weighted by Crippen LogP contribution is -2.29. The Hall–Kier alpha value is -3.68. The number of rotatable bonds is 4. The summed E-state index contributed by atoms with van der Waals surface area (Å²) in [4.78, 5) is 32.4. The number of Topliss-reactive ketones (excluding diaryl/α,β-unsaturated/α-hetero) is 1. The van der Waals surface area contributed by atoms with Gasteiger partial charge in [0.2, 0.25) is 0 Å². The van der Waals surface area contributed by atoms with Crippen LogP contribution in [0.3, 0.4) is 0 Å². The highest BCUT2D eigenvalue weighted by Gasteiger charge is 2.48. The summed E-state index contributed by atoms with van der Waals surface area (Å²) in [6, 6.07) is 17.7. The summed E-state index contributed by atoms with van der Waals surface area (Å²) >= 11 is 7.35. The largest absolute Gasteiger partial charge is 0.508 e. The monoisotopic (exact) mass is 490 g/mol. The number of aromatic hydroxyl groups is 1. The number of phenolic OH excluding ortho intramolecular Hbond substituents is 1. The summed E-state index contributed by atoms with van der Waals surface area (Å²) in [5.41, 5.74) is 2.69. The number of amides is 1. The van der Waals surface area contributed by atoms with Gasteiger partial charge in [0.1, 0.15) is 11.5 Å². The van der Waals surface area contributed by atoms with Gasteiger partial charge in [-0.2, -0.15) is 0 Å². The first kappa shape index (κ1) is 22.1. The number of thiazole rings is 1. The van der Waals surface area contributed by atoms with Crippen LogP contribution >= 0.6 is 22.9 Å². The maximum atomic E-state index is 13.3. The van der Waals surface area contributed by atoms with E-state index in [0.29, 0.717) is 26.8 Å². The van der Waals surface area contributed by atoms with Crippen molar-refractivity contribution in [1.29, 1.82) is 0 Å². The van der Waals surface area contributed by atoms with E-state index in [1.165, 1.54) is 28.4 Å². The molecule has 1 atom stereocenters. The van der Waals surface area contributed by atoms with E-state index in [-0.39, 0.29) is 17.1 Å². The molecular weight excluding hydrogens is 472 g/mol. The first-order chi connectivity index (χ1) is 16.4. The Morgan fingerprint density at radius 1 is 1.06 bits per heavy atom. The van der Waals surface area contributed by atoms with Crippen LogP contribution in [-0.4, -0.2) is 26.9 Å². The molecule has 1 aliphatic rings. The Kier molecular flexibility index (Phi) is 5.59. The number of ketones is 1. The van der Waals surface area contributed by atoms with Gasteiger partial charge in [-0.05, 0) is 47.9 Å². The molecule has 0 saturated carbocycles. The minimum atomic E-state index is -0.914. The highest BCUT2D eigenvalue weighted by atomic mass is 35.5. The van der Waals surface area contributed by atoms with Crippen LogP contribution in [0.15, 0.2) is 72.3 Å². The quantitative estimate of drug-likeness (QED) is 0.213. The zero-order valence-electron chi connectivity index (χ0n) is 18.0. The molecule has 6 nitrogen and oxygen atoms in total. The highest BCUT2D eigenvalue weighted by Crippen LogP contribution is 2.44. The van der Waals surface area contributed by atoms with Crippen molar-refractivity contribution in [1.82, 2.24) is 4.98 Å². The van der Waals surface area contributed by atoms with Crippen molar-refractivity contribution in [2.75, 3.05) is 4.90 Å². The van der Waals surface area contributed by atoms with Gasteiger partial charge < -0.3 is 10.2 Å². The number of phenols is 1. The van der Waals surface area contributed by atoms with E-state index in [9.17, 15) is 19.8 Å². The number of hydrogen-bond donors (Lipinski definition) is 2. The van der Waals surface area contributed by atoms with E-state index in [2.05, 4.69) is 4.98 Å². The van der Waals surface area contributed by atoms with Gasteiger partial charge in [0.25, 0.3) is 5.78 Å². The first-order valence-corrected chi connectivity index (χ1v) is 11.8. The summed E-state index contributed by atoms with van der Waals surface area (Å²) in [7, 11) is 0. The molecule has 8 heteroatoms. The summed E-state index contributed by atoms with van der Waals surface area (Å²) in [5.74, 6) is -1.79. The van der Waals surface area contributed by atoms with Gasteiger partial charge >= 0.3 is 5.91 Å². The molecule has 4 aromatic rings. The maximum absolute atomic E-state index is 13.3. The second kappa shape index (κ2) is 8.59. The Morgan fingerprint density at radius 3 is 2.44 bits per heavy atom. The van der Waals surface area contributed by atoms with Crippen molar-refractivity contribution < 1.29 is 19.8 Å². The molecule has 1 amide bonds. The van der Waals surface area contributed by atoms with Crippen molar-refractivity contribution in [3.8, 4) is 5.75 Å². The number of carbonyl (C=O) groups excluding carboxylic acids is 2. The number of carbonyl (C=O) groups is 2. The molecule has 0 radical (unpaired) electrons. The van der Waals surface area contributed by atoms with Crippen molar-refractivity contribution in [3.63, 3.8) is 0 Å². The Morgan fingerprint density at radius 2 is 1.76 bits per heavy atom. The number of nitrogens with zero attached hydrogens (tertiary/aromatic N) is 2. The van der Waals surface area contributed by atoms with E-state index >= 15 is 0 Å². The van der Waals surface area contributed by atoms with Gasteiger partial charge in [0.05, 0.1) is 21.8 Å². The second-order valence-electron chi connectivity index (χ2n) is 7.92. The predicted molar refractivity (Wildman–Crippen MR) is 133 cm³/mol. The topological polar surface area (TPSA) is 90.7 Å². The van der Waals surface area contributed by atoms with E-state index in [4.69, 9.17) is 11.6 Å². The third-order valence-electron chi connectivity index (χ3n) is 5.83. The van der Waals surface area contributed by atoms with Gasteiger partial charge in [0, 0.05) is 10.6 Å². The standard InChI is InChI=1S/C26H19ClN2O4S/c1-2-14-3-5-16(6-4-14)23(31)21-22(15-7-10-18(30)11-8-15)29(25(33)24(21)32)26-28-19-12-9-17(27)13-20(19)34-26/h3-13,22,30-31H,2H2,1H3/b23-21+. The van der Waals surface area contributed by atoms with Crippen molar-refractivity contribution in [2.24, 2.45) is 0 Å². The minimum Gasteiger partial charge on any atom is -0.508 e. The van der Waals surface area contributed by atoms with E-state index in [1.807, 2.05) is 19.1 Å². The predicted octanol–water partition coefficient (Wildman–Crippen LogP) is 5.84. The molecule has 0 bridgehead atoms. The Labute approximate surface area is 204 Å². The molecule has 1 fully saturated rings. The van der Waals surface area contributed by atoms with Crippen molar-refractivity contribution >= 4 is 55.7 Å². The molecule has 1 unspecified atom stereocenters. The van der Waals surface area contributed by atoms with Gasteiger partial charge in [-0.15, -0.1) is 0 Å². The number of aliphatic hydroxyl groups excluding tert-OH is 1. The summed E-state index contributed by atoms with van der Waals surface area (Å²) < 4.78 is 0.768. The summed E-state index contributed by atoms with van der Waals surface area (Å²) in [5, 5.41) is 21.8. The van der Waals surface area contributed by atoms with Crippen molar-refractivity contribution in [2.45, 2.75) is 19.4 Å². The molecule has 3 aromatic carbocycles. The number of fused-ring (bicyclic) bond motifs is 1. The fraction of sp³-hybridized carbons (Fsp3) is 0.115. The summed E-state index contributed by atoms with van der Waals surface area (Å²) in [6.07, 6.45) is 0.834.